The van der Waals surface area contributed by atoms with Gasteiger partial charge in [-0.25, -0.2) is 19.6 Å². The highest BCUT2D eigenvalue weighted by Crippen LogP contribution is 2.33. The van der Waals surface area contributed by atoms with E-state index in [1.54, 1.807) is 4.68 Å². The molecule has 9 nitrogen and oxygen atoms in total. The summed E-state index contributed by atoms with van der Waals surface area (Å²) in [5.74, 6) is 2.85. The molecule has 0 bridgehead atoms. The summed E-state index contributed by atoms with van der Waals surface area (Å²) in [6.07, 6.45) is 3.28. The van der Waals surface area contributed by atoms with Gasteiger partial charge in [0.2, 0.25) is 0 Å². The van der Waals surface area contributed by atoms with Gasteiger partial charge in [-0.1, -0.05) is 18.2 Å². The molecule has 174 valence electrons. The lowest BCUT2D eigenvalue weighted by Crippen LogP contribution is -2.43. The number of piperazine rings is 1. The van der Waals surface area contributed by atoms with Crippen LogP contribution in [0.1, 0.15) is 0 Å². The van der Waals surface area contributed by atoms with Crippen LogP contribution < -0.4 is 20.7 Å². The number of aromatic nitrogens is 5. The van der Waals surface area contributed by atoms with Gasteiger partial charge in [-0.3, -0.25) is 0 Å². The Balaban J connectivity index is 1.35. The molecule has 0 aliphatic carbocycles. The fourth-order valence-electron chi connectivity index (χ4n) is 4.25. The normalized spacial score (nSPS) is 13.8. The number of nitrogens with zero attached hydrogens (tertiary/aromatic N) is 6. The molecular formula is C26H24N8O. The number of pyridine rings is 1. The zero-order valence-corrected chi connectivity index (χ0v) is 19.0. The van der Waals surface area contributed by atoms with E-state index in [9.17, 15) is 0 Å². The first kappa shape index (κ1) is 21.1. The van der Waals surface area contributed by atoms with Gasteiger partial charge in [0.1, 0.15) is 35.2 Å². The molecule has 4 heterocycles. The molecule has 0 radical (unpaired) electrons. The Bertz CT molecular complexity index is 1440. The number of hydrogen-bond acceptors (Lipinski definition) is 8. The minimum Gasteiger partial charge on any atom is -0.457 e. The van der Waals surface area contributed by atoms with Gasteiger partial charge in [0, 0.05) is 31.7 Å². The van der Waals surface area contributed by atoms with Gasteiger partial charge in [-0.15, -0.1) is 0 Å². The smallest absolute Gasteiger partial charge is 0.169 e. The molecule has 2 aromatic carbocycles. The molecule has 0 spiro atoms. The zero-order valence-electron chi connectivity index (χ0n) is 19.0. The van der Waals surface area contributed by atoms with Crippen LogP contribution in [-0.4, -0.2) is 50.9 Å². The Labute approximate surface area is 202 Å². The number of fused-ring (bicyclic) bond motifs is 1. The maximum absolute atomic E-state index is 6.28. The second kappa shape index (κ2) is 9.03. The topological polar surface area (TPSA) is 107 Å². The molecule has 1 saturated heterocycles. The molecule has 6 rings (SSSR count). The van der Waals surface area contributed by atoms with Gasteiger partial charge in [-0.05, 0) is 48.5 Å². The molecule has 0 unspecified atom stereocenters. The Morgan fingerprint density at radius 1 is 0.829 bits per heavy atom. The van der Waals surface area contributed by atoms with Gasteiger partial charge in [0.25, 0.3) is 0 Å². The molecular weight excluding hydrogens is 440 g/mol. The molecule has 5 aromatic rings. The highest BCUT2D eigenvalue weighted by Gasteiger charge is 2.19. The fourth-order valence-corrected chi connectivity index (χ4v) is 4.25. The van der Waals surface area contributed by atoms with Crippen molar-refractivity contribution in [3.05, 3.63) is 79.3 Å². The Kier molecular flexibility index (Phi) is 5.44. The second-order valence-electron chi connectivity index (χ2n) is 8.27. The van der Waals surface area contributed by atoms with Crippen LogP contribution in [0.25, 0.3) is 28.0 Å². The van der Waals surface area contributed by atoms with E-state index in [0.717, 1.165) is 54.7 Å². The monoisotopic (exact) mass is 464 g/mol. The van der Waals surface area contributed by atoms with Crippen molar-refractivity contribution in [1.82, 2.24) is 30.0 Å². The van der Waals surface area contributed by atoms with E-state index in [4.69, 9.17) is 15.6 Å². The molecule has 1 aliphatic heterocycles. The summed E-state index contributed by atoms with van der Waals surface area (Å²) in [7, 11) is 0. The SMILES string of the molecule is Nc1ncnc2c1c(-c1ccc(Oc3ccccc3)cc1)nn2-c1ccc(N2CCNCC2)nc1. The van der Waals surface area contributed by atoms with Crippen molar-refractivity contribution in [3.63, 3.8) is 0 Å². The van der Waals surface area contributed by atoms with Crippen LogP contribution in [0.4, 0.5) is 11.6 Å². The first-order valence-electron chi connectivity index (χ1n) is 11.5. The van der Waals surface area contributed by atoms with Crippen molar-refractivity contribution in [1.29, 1.82) is 0 Å². The summed E-state index contributed by atoms with van der Waals surface area (Å²) in [4.78, 5) is 15.7. The summed E-state index contributed by atoms with van der Waals surface area (Å²) in [6.45, 7) is 3.80. The van der Waals surface area contributed by atoms with Crippen LogP contribution in [0, 0.1) is 0 Å². The van der Waals surface area contributed by atoms with Gasteiger partial charge < -0.3 is 20.7 Å². The van der Waals surface area contributed by atoms with Crippen molar-refractivity contribution >= 4 is 22.7 Å². The van der Waals surface area contributed by atoms with Gasteiger partial charge >= 0.3 is 0 Å². The number of nitrogens with two attached hydrogens (primary N) is 1. The maximum Gasteiger partial charge on any atom is 0.169 e. The molecule has 0 saturated carbocycles. The minimum atomic E-state index is 0.381. The van der Waals surface area contributed by atoms with Crippen LogP contribution in [-0.2, 0) is 0 Å². The first-order valence-corrected chi connectivity index (χ1v) is 11.5. The third kappa shape index (κ3) is 4.13. The summed E-state index contributed by atoms with van der Waals surface area (Å²) in [5.41, 5.74) is 9.32. The molecule has 1 aliphatic rings. The first-order chi connectivity index (χ1) is 17.3. The standard InChI is InChI=1S/C26H24N8O/c27-25-23-24(18-6-9-21(10-7-18)35-20-4-2-1-3-5-20)32-34(26(23)31-17-30-25)19-8-11-22(29-16-19)33-14-12-28-13-15-33/h1-11,16-17,28H,12-15H2,(H2,27,30,31). The van der Waals surface area contributed by atoms with Crippen molar-refractivity contribution < 1.29 is 4.74 Å². The summed E-state index contributed by atoms with van der Waals surface area (Å²) in [6, 6.07) is 21.5. The third-order valence-electron chi connectivity index (χ3n) is 6.02. The lowest BCUT2D eigenvalue weighted by molar-refractivity contribution is 0.483. The summed E-state index contributed by atoms with van der Waals surface area (Å²) < 4.78 is 7.69. The third-order valence-corrected chi connectivity index (χ3v) is 6.02. The van der Waals surface area contributed by atoms with E-state index in [2.05, 4.69) is 25.2 Å². The lowest BCUT2D eigenvalue weighted by atomic mass is 10.1. The Morgan fingerprint density at radius 3 is 2.34 bits per heavy atom. The van der Waals surface area contributed by atoms with E-state index >= 15 is 0 Å². The number of anilines is 2. The molecule has 3 N–H and O–H groups in total. The summed E-state index contributed by atoms with van der Waals surface area (Å²) >= 11 is 0. The second-order valence-corrected chi connectivity index (χ2v) is 8.27. The molecule has 9 heteroatoms. The number of ether oxygens (including phenoxy) is 1. The number of nitrogens with one attached hydrogen (secondary N) is 1. The van der Waals surface area contributed by atoms with Crippen molar-refractivity contribution in [2.45, 2.75) is 0 Å². The van der Waals surface area contributed by atoms with E-state index in [0.29, 0.717) is 22.5 Å². The Morgan fingerprint density at radius 2 is 1.60 bits per heavy atom. The van der Waals surface area contributed by atoms with Crippen LogP contribution in [0.5, 0.6) is 11.5 Å². The number of nitrogen functional groups attached to an aromatic ring is 1. The predicted molar refractivity (Wildman–Crippen MR) is 136 cm³/mol. The molecule has 0 atom stereocenters. The molecule has 1 fully saturated rings. The maximum atomic E-state index is 6.28. The molecule has 3 aromatic heterocycles. The lowest BCUT2D eigenvalue weighted by Gasteiger charge is -2.28. The van der Waals surface area contributed by atoms with E-state index in [1.807, 2.05) is 72.9 Å². The summed E-state index contributed by atoms with van der Waals surface area (Å²) in [5, 5.41) is 8.94. The average Bonchev–Trinajstić information content (AvgIpc) is 3.31. The number of hydrogen-bond donors (Lipinski definition) is 2. The van der Waals surface area contributed by atoms with E-state index < -0.39 is 0 Å². The molecule has 0 amide bonds. The van der Waals surface area contributed by atoms with E-state index in [1.165, 1.54) is 6.33 Å². The zero-order chi connectivity index (χ0) is 23.6. The van der Waals surface area contributed by atoms with Crippen LogP contribution in [0.3, 0.4) is 0 Å². The van der Waals surface area contributed by atoms with Crippen LogP contribution in [0.2, 0.25) is 0 Å². The van der Waals surface area contributed by atoms with Gasteiger partial charge in [0.15, 0.2) is 5.65 Å². The van der Waals surface area contributed by atoms with Gasteiger partial charge in [-0.2, -0.15) is 5.10 Å². The molecule has 35 heavy (non-hydrogen) atoms. The predicted octanol–water partition coefficient (Wildman–Crippen LogP) is 3.66. The fraction of sp³-hybridized carbons (Fsp3) is 0.154. The van der Waals surface area contributed by atoms with Crippen molar-refractivity contribution in [2.24, 2.45) is 0 Å². The number of para-hydroxylation sites is 1. The van der Waals surface area contributed by atoms with E-state index in [-0.39, 0.29) is 0 Å². The largest absolute Gasteiger partial charge is 0.457 e. The minimum absolute atomic E-state index is 0.381. The number of rotatable bonds is 5. The quantitative estimate of drug-likeness (QED) is 0.406. The average molecular weight is 465 g/mol. The highest BCUT2D eigenvalue weighted by atomic mass is 16.5. The Hall–Kier alpha value is -4.50. The van der Waals surface area contributed by atoms with Crippen molar-refractivity contribution in [3.8, 4) is 28.4 Å². The van der Waals surface area contributed by atoms with Crippen LogP contribution >= 0.6 is 0 Å². The van der Waals surface area contributed by atoms with Crippen LogP contribution in [0.15, 0.2) is 79.3 Å². The van der Waals surface area contributed by atoms with Gasteiger partial charge in [0.05, 0.1) is 17.3 Å². The number of benzene rings is 2. The highest BCUT2D eigenvalue weighted by molar-refractivity contribution is 5.98. The van der Waals surface area contributed by atoms with Crippen molar-refractivity contribution in [2.75, 3.05) is 36.8 Å².